The molecule has 0 spiro atoms. The average Bonchev–Trinajstić information content (AvgIpc) is 3.12. The Balaban J connectivity index is 1.36. The lowest BCUT2D eigenvalue weighted by atomic mass is 10.1. The number of methoxy groups -OCH3 is 1. The van der Waals surface area contributed by atoms with E-state index < -0.39 is 0 Å². The summed E-state index contributed by atoms with van der Waals surface area (Å²) in [7, 11) is 1.64. The van der Waals surface area contributed by atoms with Gasteiger partial charge in [0.15, 0.2) is 5.13 Å². The molecule has 0 radical (unpaired) electrons. The van der Waals surface area contributed by atoms with Gasteiger partial charge < -0.3 is 14.5 Å². The second kappa shape index (κ2) is 7.74. The molecule has 1 amide bonds. The summed E-state index contributed by atoms with van der Waals surface area (Å²) in [6, 6.07) is 13.4. The normalized spacial score (nSPS) is 14.6. The van der Waals surface area contributed by atoms with Crippen molar-refractivity contribution in [3.8, 4) is 5.75 Å². The molecular weight excluding hydrogens is 382 g/mol. The predicted octanol–water partition coefficient (Wildman–Crippen LogP) is 3.85. The van der Waals surface area contributed by atoms with Crippen molar-refractivity contribution in [1.29, 1.82) is 0 Å². The monoisotopic (exact) mass is 401 g/mol. The Kier molecular flexibility index (Phi) is 5.18. The fourth-order valence-corrected chi connectivity index (χ4v) is 4.49. The van der Waals surface area contributed by atoms with Crippen LogP contribution in [-0.2, 0) is 11.2 Å². The number of hydrogen-bond donors (Lipinski definition) is 0. The molecule has 7 heteroatoms. The maximum Gasteiger partial charge on any atom is 0.227 e. The minimum atomic E-state index is 0.163. The Bertz CT molecular complexity index is 950. The third-order valence-electron chi connectivity index (χ3n) is 4.76. The van der Waals surface area contributed by atoms with Crippen LogP contribution in [0.15, 0.2) is 42.5 Å². The molecule has 0 atom stereocenters. The van der Waals surface area contributed by atoms with Crippen molar-refractivity contribution in [3.63, 3.8) is 0 Å². The quantitative estimate of drug-likeness (QED) is 0.666. The maximum atomic E-state index is 12.6. The SMILES string of the molecule is COc1ccc(CC(=O)N2CCN(c3nc4ccc(Cl)cc4s3)CC2)cc1. The first-order chi connectivity index (χ1) is 13.1. The van der Waals surface area contributed by atoms with E-state index in [-0.39, 0.29) is 5.91 Å². The van der Waals surface area contributed by atoms with Gasteiger partial charge in [0, 0.05) is 31.2 Å². The van der Waals surface area contributed by atoms with Crippen LogP contribution in [0.25, 0.3) is 10.2 Å². The van der Waals surface area contributed by atoms with Gasteiger partial charge in [-0.15, -0.1) is 0 Å². The highest BCUT2D eigenvalue weighted by Crippen LogP contribution is 2.31. The average molecular weight is 402 g/mol. The molecule has 0 N–H and O–H groups in total. The zero-order valence-corrected chi connectivity index (χ0v) is 16.6. The van der Waals surface area contributed by atoms with Crippen LogP contribution < -0.4 is 9.64 Å². The summed E-state index contributed by atoms with van der Waals surface area (Å²) in [5.41, 5.74) is 1.98. The maximum absolute atomic E-state index is 12.6. The first-order valence-corrected chi connectivity index (χ1v) is 10.0. The molecule has 1 aliphatic heterocycles. The van der Waals surface area contributed by atoms with Gasteiger partial charge in [-0.25, -0.2) is 4.98 Å². The van der Waals surface area contributed by atoms with Crippen molar-refractivity contribution in [2.45, 2.75) is 6.42 Å². The molecule has 2 aromatic carbocycles. The number of thiazole rings is 1. The van der Waals surface area contributed by atoms with E-state index in [2.05, 4.69) is 4.90 Å². The van der Waals surface area contributed by atoms with Crippen molar-refractivity contribution in [2.75, 3.05) is 38.2 Å². The van der Waals surface area contributed by atoms with Gasteiger partial charge >= 0.3 is 0 Å². The van der Waals surface area contributed by atoms with Crippen molar-refractivity contribution in [2.24, 2.45) is 0 Å². The van der Waals surface area contributed by atoms with E-state index in [1.165, 1.54) is 0 Å². The van der Waals surface area contributed by atoms with Crippen LogP contribution in [0.1, 0.15) is 5.56 Å². The number of ether oxygens (including phenoxy) is 1. The number of hydrogen-bond acceptors (Lipinski definition) is 5. The third-order valence-corrected chi connectivity index (χ3v) is 6.07. The summed E-state index contributed by atoms with van der Waals surface area (Å²) in [6.45, 7) is 3.02. The summed E-state index contributed by atoms with van der Waals surface area (Å²) >= 11 is 7.71. The first-order valence-electron chi connectivity index (χ1n) is 8.84. The molecule has 140 valence electrons. The van der Waals surface area contributed by atoms with E-state index in [4.69, 9.17) is 21.3 Å². The molecule has 3 aromatic rings. The van der Waals surface area contributed by atoms with E-state index in [0.717, 1.165) is 44.8 Å². The molecule has 0 bridgehead atoms. The Morgan fingerprint density at radius 2 is 1.89 bits per heavy atom. The molecule has 0 aliphatic carbocycles. The summed E-state index contributed by atoms with van der Waals surface area (Å²) < 4.78 is 6.25. The number of nitrogens with zero attached hydrogens (tertiary/aromatic N) is 3. The largest absolute Gasteiger partial charge is 0.497 e. The highest BCUT2D eigenvalue weighted by Gasteiger charge is 2.23. The van der Waals surface area contributed by atoms with Gasteiger partial charge in [-0.3, -0.25) is 4.79 Å². The van der Waals surface area contributed by atoms with Gasteiger partial charge in [0.2, 0.25) is 5.91 Å². The van der Waals surface area contributed by atoms with E-state index in [1.807, 2.05) is 47.4 Å². The van der Waals surface area contributed by atoms with E-state index >= 15 is 0 Å². The fraction of sp³-hybridized carbons (Fsp3) is 0.300. The molecule has 1 fully saturated rings. The smallest absolute Gasteiger partial charge is 0.227 e. The molecule has 0 saturated carbocycles. The zero-order chi connectivity index (χ0) is 18.8. The number of carbonyl (C=O) groups is 1. The van der Waals surface area contributed by atoms with Gasteiger partial charge in [0.25, 0.3) is 0 Å². The lowest BCUT2D eigenvalue weighted by Gasteiger charge is -2.34. The molecule has 27 heavy (non-hydrogen) atoms. The highest BCUT2D eigenvalue weighted by atomic mass is 35.5. The summed E-state index contributed by atoms with van der Waals surface area (Å²) in [4.78, 5) is 21.5. The Hall–Kier alpha value is -2.31. The molecule has 4 rings (SSSR count). The van der Waals surface area contributed by atoms with E-state index in [0.29, 0.717) is 19.5 Å². The fourth-order valence-electron chi connectivity index (χ4n) is 3.20. The molecule has 5 nitrogen and oxygen atoms in total. The molecular formula is C20H20ClN3O2S. The van der Waals surface area contributed by atoms with Gasteiger partial charge in [0.1, 0.15) is 5.75 Å². The number of aromatic nitrogens is 1. The van der Waals surface area contributed by atoms with Crippen LogP contribution in [0.3, 0.4) is 0 Å². The van der Waals surface area contributed by atoms with Gasteiger partial charge in [0.05, 0.1) is 23.7 Å². The topological polar surface area (TPSA) is 45.7 Å². The molecule has 1 aromatic heterocycles. The number of halogens is 1. The lowest BCUT2D eigenvalue weighted by Crippen LogP contribution is -2.49. The summed E-state index contributed by atoms with van der Waals surface area (Å²) in [5.74, 6) is 0.966. The molecule has 1 saturated heterocycles. The van der Waals surface area contributed by atoms with Crippen molar-refractivity contribution < 1.29 is 9.53 Å². The second-order valence-electron chi connectivity index (χ2n) is 6.50. The number of piperazine rings is 1. The molecule has 2 heterocycles. The molecule has 1 aliphatic rings. The van der Waals surface area contributed by atoms with E-state index in [1.54, 1.807) is 18.4 Å². The van der Waals surface area contributed by atoms with Crippen LogP contribution in [0.4, 0.5) is 5.13 Å². The lowest BCUT2D eigenvalue weighted by molar-refractivity contribution is -0.130. The number of fused-ring (bicyclic) bond motifs is 1. The third kappa shape index (κ3) is 4.01. The minimum absolute atomic E-state index is 0.163. The number of rotatable bonds is 4. The van der Waals surface area contributed by atoms with Crippen LogP contribution in [0.2, 0.25) is 5.02 Å². The first kappa shape index (κ1) is 18.1. The number of carbonyl (C=O) groups excluding carboxylic acids is 1. The second-order valence-corrected chi connectivity index (χ2v) is 7.95. The number of benzene rings is 2. The minimum Gasteiger partial charge on any atom is -0.497 e. The highest BCUT2D eigenvalue weighted by molar-refractivity contribution is 7.22. The summed E-state index contributed by atoms with van der Waals surface area (Å²) in [6.07, 6.45) is 0.420. The van der Waals surface area contributed by atoms with Crippen LogP contribution in [0, 0.1) is 0 Å². The number of amides is 1. The van der Waals surface area contributed by atoms with E-state index in [9.17, 15) is 4.79 Å². The van der Waals surface area contributed by atoms with Gasteiger partial charge in [-0.1, -0.05) is 35.1 Å². The van der Waals surface area contributed by atoms with Crippen LogP contribution in [0.5, 0.6) is 5.75 Å². The summed E-state index contributed by atoms with van der Waals surface area (Å²) in [5, 5.41) is 1.72. The van der Waals surface area contributed by atoms with Crippen LogP contribution >= 0.6 is 22.9 Å². The molecule has 0 unspecified atom stereocenters. The number of anilines is 1. The standard InChI is InChI=1S/C20H20ClN3O2S/c1-26-16-5-2-14(3-6-16)12-19(25)23-8-10-24(11-9-23)20-22-17-7-4-15(21)13-18(17)27-20/h2-7,13H,8-12H2,1H3. The van der Waals surface area contributed by atoms with Gasteiger partial charge in [-0.05, 0) is 35.9 Å². The van der Waals surface area contributed by atoms with Crippen LogP contribution in [-0.4, -0.2) is 49.1 Å². The van der Waals surface area contributed by atoms with Crippen molar-refractivity contribution in [3.05, 3.63) is 53.1 Å². The predicted molar refractivity (Wildman–Crippen MR) is 110 cm³/mol. The Morgan fingerprint density at radius 1 is 1.15 bits per heavy atom. The van der Waals surface area contributed by atoms with Gasteiger partial charge in [-0.2, -0.15) is 0 Å². The van der Waals surface area contributed by atoms with Crippen molar-refractivity contribution in [1.82, 2.24) is 9.88 Å². The Morgan fingerprint density at radius 3 is 2.59 bits per heavy atom. The Labute approximate surface area is 167 Å². The van der Waals surface area contributed by atoms with Crippen molar-refractivity contribution >= 4 is 44.2 Å². The zero-order valence-electron chi connectivity index (χ0n) is 15.0.